The minimum absolute atomic E-state index is 0.0295. The largest absolute Gasteiger partial charge is 0.497 e. The Morgan fingerprint density at radius 3 is 2.41 bits per heavy atom. The topological polar surface area (TPSA) is 148 Å². The second-order valence-electron chi connectivity index (χ2n) is 8.16. The van der Waals surface area contributed by atoms with Crippen molar-refractivity contribution >= 4 is 37.1 Å². The van der Waals surface area contributed by atoms with Crippen LogP contribution in [0.25, 0.3) is 0 Å². The highest BCUT2D eigenvalue weighted by molar-refractivity contribution is 7.92. The summed E-state index contributed by atoms with van der Waals surface area (Å²) in [5.74, 6) is 0.368. The van der Waals surface area contributed by atoms with Crippen LogP contribution in [0, 0.1) is 10.1 Å². The molecule has 0 fully saturated rings. The summed E-state index contributed by atoms with van der Waals surface area (Å²) in [6.45, 7) is 1.51. The van der Waals surface area contributed by atoms with Crippen molar-refractivity contribution in [3.05, 3.63) is 94.0 Å². The van der Waals surface area contributed by atoms with Crippen molar-refractivity contribution in [2.45, 2.75) is 24.3 Å². The lowest BCUT2D eigenvalue weighted by atomic mass is 9.98. The molecule has 0 unspecified atom stereocenters. The van der Waals surface area contributed by atoms with Crippen molar-refractivity contribution in [1.82, 2.24) is 4.41 Å². The monoisotopic (exact) mass is 544 g/mol. The van der Waals surface area contributed by atoms with E-state index in [-0.39, 0.29) is 22.8 Å². The number of ether oxygens (including phenoxy) is 1. The standard InChI is InChI=1S/C24H24N4O7S2/c1-3-36(31,32)26-19-8-4-6-17(14-19)23-16-24(18-7-5-9-20(15-18)28(29)30)27(25-23)37(33,34)22-12-10-21(35-2)11-13-22/h4-15,24,26H,3,16H2,1-2H3/t24-/m1/s1. The number of nitrogens with zero attached hydrogens (tertiary/aromatic N) is 3. The zero-order valence-corrected chi connectivity index (χ0v) is 21.6. The first kappa shape index (κ1) is 26.1. The van der Waals surface area contributed by atoms with Crippen LogP contribution in [0.3, 0.4) is 0 Å². The van der Waals surface area contributed by atoms with Gasteiger partial charge in [0.15, 0.2) is 0 Å². The number of methoxy groups -OCH3 is 1. The maximum Gasteiger partial charge on any atom is 0.279 e. The Bertz CT molecular complexity index is 1570. The van der Waals surface area contributed by atoms with Gasteiger partial charge in [-0.3, -0.25) is 14.8 Å². The average Bonchev–Trinajstić information content (AvgIpc) is 3.35. The van der Waals surface area contributed by atoms with Crippen LogP contribution >= 0.6 is 0 Å². The summed E-state index contributed by atoms with van der Waals surface area (Å²) in [6.07, 6.45) is 0.112. The predicted octanol–water partition coefficient (Wildman–Crippen LogP) is 3.91. The highest BCUT2D eigenvalue weighted by Crippen LogP contribution is 2.38. The fourth-order valence-electron chi connectivity index (χ4n) is 3.85. The molecule has 13 heteroatoms. The molecule has 1 heterocycles. The first-order valence-electron chi connectivity index (χ1n) is 11.2. The van der Waals surface area contributed by atoms with E-state index in [9.17, 15) is 26.9 Å². The number of non-ortho nitro benzene ring substituents is 1. The minimum atomic E-state index is -4.17. The smallest absolute Gasteiger partial charge is 0.279 e. The second-order valence-corrected chi connectivity index (χ2v) is 12.0. The number of hydrogen-bond donors (Lipinski definition) is 1. The molecule has 194 valence electrons. The molecule has 1 N–H and O–H groups in total. The third kappa shape index (κ3) is 5.57. The van der Waals surface area contributed by atoms with Crippen LogP contribution < -0.4 is 9.46 Å². The molecular formula is C24H24N4O7S2. The Kier molecular flexibility index (Phi) is 7.18. The zero-order valence-electron chi connectivity index (χ0n) is 19.9. The summed E-state index contributed by atoms with van der Waals surface area (Å²) in [7, 11) is -6.23. The molecule has 1 atom stereocenters. The third-order valence-corrected chi connectivity index (χ3v) is 8.79. The summed E-state index contributed by atoms with van der Waals surface area (Å²) in [4.78, 5) is 10.8. The Labute approximate surface area is 214 Å². The molecule has 0 saturated carbocycles. The van der Waals surface area contributed by atoms with Crippen LogP contribution in [-0.2, 0) is 20.0 Å². The predicted molar refractivity (Wildman–Crippen MR) is 139 cm³/mol. The van der Waals surface area contributed by atoms with E-state index in [4.69, 9.17) is 4.74 Å². The number of benzene rings is 3. The SMILES string of the molecule is CCS(=O)(=O)Nc1cccc(C2=NN(S(=O)(=O)c3ccc(OC)cc3)[C@@H](c3cccc([N+](=O)[O-])c3)C2)c1. The van der Waals surface area contributed by atoms with Gasteiger partial charge in [-0.25, -0.2) is 8.42 Å². The lowest BCUT2D eigenvalue weighted by Gasteiger charge is -2.23. The Hall–Kier alpha value is -3.97. The molecule has 0 aromatic heterocycles. The Morgan fingerprint density at radius 1 is 1.05 bits per heavy atom. The summed E-state index contributed by atoms with van der Waals surface area (Å²) in [6, 6.07) is 17.2. The number of nitro groups is 1. The molecule has 3 aromatic rings. The van der Waals surface area contributed by atoms with E-state index in [1.807, 2.05) is 0 Å². The second kappa shape index (κ2) is 10.2. The van der Waals surface area contributed by atoms with Gasteiger partial charge in [-0.05, 0) is 54.4 Å². The number of hydrogen-bond acceptors (Lipinski definition) is 8. The third-order valence-electron chi connectivity index (χ3n) is 5.79. The summed E-state index contributed by atoms with van der Waals surface area (Å²) < 4.78 is 59.9. The number of anilines is 1. The van der Waals surface area contributed by atoms with Crippen molar-refractivity contribution < 1.29 is 26.5 Å². The van der Waals surface area contributed by atoms with Gasteiger partial charge in [-0.1, -0.05) is 24.3 Å². The number of nitro benzene ring substituents is 1. The lowest BCUT2D eigenvalue weighted by Crippen LogP contribution is -2.27. The van der Waals surface area contributed by atoms with Gasteiger partial charge in [0.05, 0.1) is 34.4 Å². The Balaban J connectivity index is 1.79. The number of nitrogens with one attached hydrogen (secondary N) is 1. The molecule has 0 radical (unpaired) electrons. The summed E-state index contributed by atoms with van der Waals surface area (Å²) >= 11 is 0. The van der Waals surface area contributed by atoms with Crippen molar-refractivity contribution in [1.29, 1.82) is 0 Å². The van der Waals surface area contributed by atoms with Gasteiger partial charge < -0.3 is 4.74 Å². The molecule has 11 nitrogen and oxygen atoms in total. The first-order valence-corrected chi connectivity index (χ1v) is 14.2. The first-order chi connectivity index (χ1) is 17.5. The number of hydrazone groups is 1. The lowest BCUT2D eigenvalue weighted by molar-refractivity contribution is -0.384. The van der Waals surface area contributed by atoms with E-state index in [1.165, 1.54) is 56.5 Å². The molecule has 1 aliphatic heterocycles. The van der Waals surface area contributed by atoms with Gasteiger partial charge >= 0.3 is 0 Å². The van der Waals surface area contributed by atoms with Gasteiger partial charge in [0, 0.05) is 24.2 Å². The molecule has 0 amide bonds. The normalized spacial score (nSPS) is 15.8. The molecular weight excluding hydrogens is 520 g/mol. The van der Waals surface area contributed by atoms with E-state index < -0.39 is 31.0 Å². The van der Waals surface area contributed by atoms with Crippen LogP contribution in [-0.4, -0.2) is 44.7 Å². The quantitative estimate of drug-likeness (QED) is 0.317. The Morgan fingerprint density at radius 2 is 1.76 bits per heavy atom. The van der Waals surface area contributed by atoms with Gasteiger partial charge in [-0.2, -0.15) is 17.9 Å². The molecule has 3 aromatic carbocycles. The highest BCUT2D eigenvalue weighted by atomic mass is 32.2. The van der Waals surface area contributed by atoms with E-state index in [0.29, 0.717) is 28.3 Å². The number of rotatable bonds is 9. The highest BCUT2D eigenvalue weighted by Gasteiger charge is 2.38. The minimum Gasteiger partial charge on any atom is -0.497 e. The van der Waals surface area contributed by atoms with E-state index in [1.54, 1.807) is 30.3 Å². The summed E-state index contributed by atoms with van der Waals surface area (Å²) in [5, 5.41) is 15.8. The van der Waals surface area contributed by atoms with Crippen molar-refractivity contribution in [3.8, 4) is 5.75 Å². The maximum atomic E-state index is 13.7. The molecule has 0 spiro atoms. The van der Waals surface area contributed by atoms with Gasteiger partial charge in [0.1, 0.15) is 5.75 Å². The molecule has 0 bridgehead atoms. The average molecular weight is 545 g/mol. The molecule has 0 aliphatic carbocycles. The number of sulfonamides is 2. The fraction of sp³-hybridized carbons (Fsp3) is 0.208. The molecule has 37 heavy (non-hydrogen) atoms. The summed E-state index contributed by atoms with van der Waals surface area (Å²) in [5.41, 5.74) is 1.42. The van der Waals surface area contributed by atoms with E-state index in [0.717, 1.165) is 4.41 Å². The van der Waals surface area contributed by atoms with Crippen LogP contribution in [0.2, 0.25) is 0 Å². The van der Waals surface area contributed by atoms with Crippen LogP contribution in [0.1, 0.15) is 30.5 Å². The molecule has 0 saturated heterocycles. The van der Waals surface area contributed by atoms with Crippen LogP contribution in [0.5, 0.6) is 5.75 Å². The van der Waals surface area contributed by atoms with E-state index in [2.05, 4.69) is 9.82 Å². The fourth-order valence-corrected chi connectivity index (χ4v) is 5.91. The van der Waals surface area contributed by atoms with Crippen LogP contribution in [0.4, 0.5) is 11.4 Å². The molecule has 4 rings (SSSR count). The van der Waals surface area contributed by atoms with Crippen molar-refractivity contribution in [2.24, 2.45) is 5.10 Å². The zero-order chi connectivity index (χ0) is 26.8. The maximum absolute atomic E-state index is 13.7. The van der Waals surface area contributed by atoms with Gasteiger partial charge in [0.2, 0.25) is 10.0 Å². The van der Waals surface area contributed by atoms with Gasteiger partial charge in [0.25, 0.3) is 15.7 Å². The van der Waals surface area contributed by atoms with E-state index >= 15 is 0 Å². The van der Waals surface area contributed by atoms with Crippen molar-refractivity contribution in [3.63, 3.8) is 0 Å². The molecule has 1 aliphatic rings. The van der Waals surface area contributed by atoms with Crippen LogP contribution in [0.15, 0.2) is 82.8 Å². The van der Waals surface area contributed by atoms with Crippen molar-refractivity contribution in [2.75, 3.05) is 17.6 Å². The van der Waals surface area contributed by atoms with Gasteiger partial charge in [-0.15, -0.1) is 0 Å².